The van der Waals surface area contributed by atoms with Crippen LogP contribution in [0.5, 0.6) is 0 Å². The Labute approximate surface area is 159 Å². The maximum absolute atomic E-state index is 13.4. The van der Waals surface area contributed by atoms with Gasteiger partial charge in [0.15, 0.2) is 0 Å². The predicted molar refractivity (Wildman–Crippen MR) is 95.0 cm³/mol. The molecule has 0 unspecified atom stereocenters. The number of hydrogen-bond donors (Lipinski definition) is 2. The number of rotatable bonds is 8. The van der Waals surface area contributed by atoms with Gasteiger partial charge in [-0.3, -0.25) is 4.79 Å². The van der Waals surface area contributed by atoms with Crippen LogP contribution in [-0.2, 0) is 28.3 Å². The van der Waals surface area contributed by atoms with Crippen LogP contribution in [0.2, 0.25) is 0 Å². The smallest absolute Gasteiger partial charge is 0.377 e. The number of nitrogens with zero attached hydrogens (tertiary/aromatic N) is 1. The molecular formula is C18H21F3N2O3S. The van der Waals surface area contributed by atoms with Crippen LogP contribution < -0.4 is 5.32 Å². The van der Waals surface area contributed by atoms with Crippen molar-refractivity contribution < 1.29 is 27.8 Å². The third-order valence-corrected chi connectivity index (χ3v) is 5.03. The molecule has 148 valence electrons. The van der Waals surface area contributed by atoms with Gasteiger partial charge < -0.3 is 15.2 Å². The highest BCUT2D eigenvalue weighted by Crippen LogP contribution is 2.42. The number of carbonyl (C=O) groups excluding carboxylic acids is 1. The first-order chi connectivity index (χ1) is 12.7. The van der Waals surface area contributed by atoms with Gasteiger partial charge in [0.05, 0.1) is 13.0 Å². The lowest BCUT2D eigenvalue weighted by molar-refractivity contribution is -0.267. The van der Waals surface area contributed by atoms with Gasteiger partial charge >= 0.3 is 6.18 Å². The number of nitrogens with one attached hydrogen (secondary N) is 1. The predicted octanol–water partition coefficient (Wildman–Crippen LogP) is 3.44. The zero-order valence-corrected chi connectivity index (χ0v) is 15.8. The fraction of sp³-hybridized carbons (Fsp3) is 0.444. The molecule has 0 aliphatic rings. The largest absolute Gasteiger partial charge is 0.424 e. The van der Waals surface area contributed by atoms with Crippen LogP contribution in [0.25, 0.3) is 0 Å². The molecule has 0 spiro atoms. The van der Waals surface area contributed by atoms with Crippen LogP contribution in [0.1, 0.15) is 35.2 Å². The van der Waals surface area contributed by atoms with Crippen LogP contribution in [-0.4, -0.2) is 28.8 Å². The molecule has 1 aromatic carbocycles. The van der Waals surface area contributed by atoms with E-state index < -0.39 is 29.1 Å². The summed E-state index contributed by atoms with van der Waals surface area (Å²) in [6.07, 6.45) is -6.18. The first kappa shape index (κ1) is 21.3. The van der Waals surface area contributed by atoms with Gasteiger partial charge in [0, 0.05) is 24.2 Å². The third-order valence-electron chi connectivity index (χ3n) is 3.91. The van der Waals surface area contributed by atoms with Crippen molar-refractivity contribution in [2.24, 2.45) is 0 Å². The molecule has 0 saturated heterocycles. The molecule has 2 N–H and O–H groups in total. The number of aromatic nitrogens is 1. The highest BCUT2D eigenvalue weighted by Gasteiger charge is 2.58. The van der Waals surface area contributed by atoms with Crippen molar-refractivity contribution in [1.29, 1.82) is 0 Å². The van der Waals surface area contributed by atoms with E-state index in [0.717, 1.165) is 11.1 Å². The minimum atomic E-state index is -5.03. The monoisotopic (exact) mass is 402 g/mol. The number of aliphatic hydroxyl groups is 1. The molecule has 0 radical (unpaired) electrons. The molecule has 0 bridgehead atoms. The number of halogens is 3. The summed E-state index contributed by atoms with van der Waals surface area (Å²) in [6.45, 7) is 4.27. The van der Waals surface area contributed by atoms with E-state index >= 15 is 0 Å². The number of benzene rings is 1. The first-order valence-electron chi connectivity index (χ1n) is 8.30. The zero-order chi connectivity index (χ0) is 20.1. The van der Waals surface area contributed by atoms with Gasteiger partial charge in [0.25, 0.3) is 0 Å². The van der Waals surface area contributed by atoms with Crippen molar-refractivity contribution in [1.82, 2.24) is 10.3 Å². The fourth-order valence-electron chi connectivity index (χ4n) is 2.41. The molecule has 27 heavy (non-hydrogen) atoms. The Kier molecular flexibility index (Phi) is 6.96. The van der Waals surface area contributed by atoms with Crippen molar-refractivity contribution in [3.8, 4) is 0 Å². The molecule has 0 aliphatic heterocycles. The number of alkyl halides is 3. The van der Waals surface area contributed by atoms with Gasteiger partial charge in [-0.05, 0) is 25.0 Å². The lowest BCUT2D eigenvalue weighted by Gasteiger charge is -2.28. The maximum atomic E-state index is 13.4. The van der Waals surface area contributed by atoms with Gasteiger partial charge in [-0.15, -0.1) is 11.3 Å². The SMILES string of the molecule is CCOCc1ccccc1CNC(=O)C[C@@](O)(c1nc(C)cs1)C(F)(F)F. The van der Waals surface area contributed by atoms with E-state index in [2.05, 4.69) is 10.3 Å². The van der Waals surface area contributed by atoms with Crippen LogP contribution in [0.3, 0.4) is 0 Å². The number of hydrogen-bond acceptors (Lipinski definition) is 5. The highest BCUT2D eigenvalue weighted by molar-refractivity contribution is 7.09. The summed E-state index contributed by atoms with van der Waals surface area (Å²) in [5, 5.41) is 13.5. The summed E-state index contributed by atoms with van der Waals surface area (Å²) in [6, 6.07) is 7.16. The molecule has 0 fully saturated rings. The van der Waals surface area contributed by atoms with Gasteiger partial charge in [-0.25, -0.2) is 4.98 Å². The molecule has 0 saturated carbocycles. The van der Waals surface area contributed by atoms with E-state index in [-0.39, 0.29) is 6.54 Å². The van der Waals surface area contributed by atoms with E-state index in [1.165, 1.54) is 12.3 Å². The van der Waals surface area contributed by atoms with E-state index in [1.54, 1.807) is 12.1 Å². The minimum Gasteiger partial charge on any atom is -0.377 e. The van der Waals surface area contributed by atoms with Crippen molar-refractivity contribution in [3.63, 3.8) is 0 Å². The summed E-state index contributed by atoms with van der Waals surface area (Å²) >= 11 is 0.674. The number of ether oxygens (including phenoxy) is 1. The number of amides is 1. The lowest BCUT2D eigenvalue weighted by atomic mass is 9.99. The third kappa shape index (κ3) is 5.27. The molecule has 1 heterocycles. The van der Waals surface area contributed by atoms with Crippen LogP contribution in [0.4, 0.5) is 13.2 Å². The van der Waals surface area contributed by atoms with E-state index in [9.17, 15) is 23.1 Å². The Hall–Kier alpha value is -1.97. The number of aryl methyl sites for hydroxylation is 1. The summed E-state index contributed by atoms with van der Waals surface area (Å²) in [7, 11) is 0. The molecule has 5 nitrogen and oxygen atoms in total. The van der Waals surface area contributed by atoms with Crippen LogP contribution >= 0.6 is 11.3 Å². The Morgan fingerprint density at radius 1 is 1.30 bits per heavy atom. The topological polar surface area (TPSA) is 71.5 Å². The molecule has 1 atom stereocenters. The molecule has 0 aliphatic carbocycles. The Balaban J connectivity index is 2.09. The molecule has 1 aromatic heterocycles. The normalized spacial score (nSPS) is 14.0. The van der Waals surface area contributed by atoms with Crippen LogP contribution in [0, 0.1) is 6.92 Å². The van der Waals surface area contributed by atoms with E-state index in [0.29, 0.717) is 30.2 Å². The van der Waals surface area contributed by atoms with Crippen LogP contribution in [0.15, 0.2) is 29.6 Å². The summed E-state index contributed by atoms with van der Waals surface area (Å²) in [5.74, 6) is -0.922. The second kappa shape index (κ2) is 8.81. The zero-order valence-electron chi connectivity index (χ0n) is 15.0. The Morgan fingerprint density at radius 3 is 2.52 bits per heavy atom. The van der Waals surface area contributed by atoms with Crippen molar-refractivity contribution in [3.05, 3.63) is 51.5 Å². The quantitative estimate of drug-likeness (QED) is 0.710. The minimum absolute atomic E-state index is 0.0346. The number of carbonyl (C=O) groups is 1. The average Bonchev–Trinajstić information content (AvgIpc) is 3.04. The molecule has 2 rings (SSSR count). The van der Waals surface area contributed by atoms with Crippen molar-refractivity contribution >= 4 is 17.2 Å². The van der Waals surface area contributed by atoms with E-state index in [1.807, 2.05) is 19.1 Å². The second-order valence-corrected chi connectivity index (χ2v) is 6.87. The Morgan fingerprint density at radius 2 is 1.96 bits per heavy atom. The molecule has 9 heteroatoms. The van der Waals surface area contributed by atoms with Crippen molar-refractivity contribution in [2.75, 3.05) is 6.61 Å². The average molecular weight is 402 g/mol. The van der Waals surface area contributed by atoms with Gasteiger partial charge in [0.1, 0.15) is 5.01 Å². The maximum Gasteiger partial charge on any atom is 0.424 e. The lowest BCUT2D eigenvalue weighted by Crippen LogP contribution is -2.46. The number of thiazole rings is 1. The highest BCUT2D eigenvalue weighted by atomic mass is 32.1. The van der Waals surface area contributed by atoms with E-state index in [4.69, 9.17) is 4.74 Å². The fourth-order valence-corrected chi connectivity index (χ4v) is 3.33. The second-order valence-electron chi connectivity index (χ2n) is 6.01. The van der Waals surface area contributed by atoms with Gasteiger partial charge in [0.2, 0.25) is 11.5 Å². The summed E-state index contributed by atoms with van der Waals surface area (Å²) in [4.78, 5) is 15.9. The first-order valence-corrected chi connectivity index (χ1v) is 9.18. The summed E-state index contributed by atoms with van der Waals surface area (Å²) in [5.41, 5.74) is -1.40. The van der Waals surface area contributed by atoms with Gasteiger partial charge in [-0.1, -0.05) is 24.3 Å². The molecular weight excluding hydrogens is 381 g/mol. The van der Waals surface area contributed by atoms with Crippen molar-refractivity contribution in [2.45, 2.75) is 45.2 Å². The van der Waals surface area contributed by atoms with Gasteiger partial charge in [-0.2, -0.15) is 13.2 Å². The molecule has 1 amide bonds. The molecule has 2 aromatic rings. The standard InChI is InChI=1S/C18H21F3N2O3S/c1-3-26-10-14-7-5-4-6-13(14)9-22-15(24)8-17(25,18(19,20)21)16-23-12(2)11-27-16/h4-7,11,25H,3,8-10H2,1-2H3,(H,22,24)/t17-/m1/s1. The Bertz CT molecular complexity index is 779. The summed E-state index contributed by atoms with van der Waals surface area (Å²) < 4.78 is 45.7.